The van der Waals surface area contributed by atoms with Gasteiger partial charge in [0.15, 0.2) is 6.61 Å². The number of aryl methyl sites for hydroxylation is 4. The molecule has 0 fully saturated rings. The number of aromatic nitrogens is 1. The molecule has 0 spiro atoms. The van der Waals surface area contributed by atoms with E-state index in [9.17, 15) is 9.59 Å². The molecule has 0 N–H and O–H groups in total. The van der Waals surface area contributed by atoms with Gasteiger partial charge in [0, 0.05) is 5.56 Å². The summed E-state index contributed by atoms with van der Waals surface area (Å²) in [6, 6.07) is 5.60. The summed E-state index contributed by atoms with van der Waals surface area (Å²) in [4.78, 5) is 24.1. The summed E-state index contributed by atoms with van der Waals surface area (Å²) in [5, 5.41) is 3.69. The van der Waals surface area contributed by atoms with Crippen LogP contribution in [0.1, 0.15) is 43.3 Å². The molecule has 2 rings (SSSR count). The van der Waals surface area contributed by atoms with Crippen molar-refractivity contribution in [2.24, 2.45) is 0 Å². The molecule has 0 amide bonds. The highest BCUT2D eigenvalue weighted by molar-refractivity contribution is 6.00. The molecule has 0 radical (unpaired) electrons. The van der Waals surface area contributed by atoms with Gasteiger partial charge in [0.1, 0.15) is 11.3 Å². The molecule has 5 nitrogen and oxygen atoms in total. The van der Waals surface area contributed by atoms with Crippen molar-refractivity contribution in [2.75, 3.05) is 6.61 Å². The monoisotopic (exact) mass is 287 g/mol. The summed E-state index contributed by atoms with van der Waals surface area (Å²) >= 11 is 0. The van der Waals surface area contributed by atoms with Gasteiger partial charge in [-0.15, -0.1) is 0 Å². The summed E-state index contributed by atoms with van der Waals surface area (Å²) in [5.41, 5.74) is 3.15. The van der Waals surface area contributed by atoms with Crippen LogP contribution < -0.4 is 0 Å². The van der Waals surface area contributed by atoms with Gasteiger partial charge in [-0.05, 0) is 39.3 Å². The molecule has 0 aliphatic heterocycles. The molecule has 5 heteroatoms. The van der Waals surface area contributed by atoms with Gasteiger partial charge in [0.25, 0.3) is 0 Å². The van der Waals surface area contributed by atoms with Crippen molar-refractivity contribution in [3.8, 4) is 0 Å². The third kappa shape index (κ3) is 3.18. The molecular formula is C16H17NO4. The lowest BCUT2D eigenvalue weighted by molar-refractivity contribution is 0.0472. The van der Waals surface area contributed by atoms with E-state index in [1.807, 2.05) is 26.0 Å². The highest BCUT2D eigenvalue weighted by atomic mass is 16.5. The molecule has 21 heavy (non-hydrogen) atoms. The number of carbonyl (C=O) groups excluding carboxylic acids is 2. The van der Waals surface area contributed by atoms with Crippen LogP contribution in [-0.2, 0) is 4.74 Å². The van der Waals surface area contributed by atoms with Crippen molar-refractivity contribution < 1.29 is 18.8 Å². The van der Waals surface area contributed by atoms with Crippen molar-refractivity contribution in [2.45, 2.75) is 27.7 Å². The van der Waals surface area contributed by atoms with Crippen molar-refractivity contribution >= 4 is 11.8 Å². The van der Waals surface area contributed by atoms with Crippen molar-refractivity contribution in [1.82, 2.24) is 5.16 Å². The zero-order valence-electron chi connectivity index (χ0n) is 12.5. The fraction of sp³-hybridized carbons (Fsp3) is 0.312. The minimum absolute atomic E-state index is 0.226. The molecule has 0 unspecified atom stereocenters. The van der Waals surface area contributed by atoms with Gasteiger partial charge in [-0.2, -0.15) is 0 Å². The van der Waals surface area contributed by atoms with E-state index >= 15 is 0 Å². The summed E-state index contributed by atoms with van der Waals surface area (Å²) < 4.78 is 9.98. The second-order valence-corrected chi connectivity index (χ2v) is 5.02. The van der Waals surface area contributed by atoms with Crippen molar-refractivity contribution in [1.29, 1.82) is 0 Å². The second kappa shape index (κ2) is 5.91. The first-order valence-corrected chi connectivity index (χ1v) is 6.60. The largest absolute Gasteiger partial charge is 0.454 e. The summed E-state index contributed by atoms with van der Waals surface area (Å²) in [7, 11) is 0. The molecule has 0 aliphatic carbocycles. The first kappa shape index (κ1) is 15.0. The summed E-state index contributed by atoms with van der Waals surface area (Å²) in [6.45, 7) is 6.74. The van der Waals surface area contributed by atoms with E-state index in [-0.39, 0.29) is 18.0 Å². The lowest BCUT2D eigenvalue weighted by Gasteiger charge is -2.07. The van der Waals surface area contributed by atoms with Gasteiger partial charge in [0.05, 0.1) is 5.69 Å². The van der Waals surface area contributed by atoms with Crippen molar-refractivity contribution in [3.63, 3.8) is 0 Å². The number of esters is 1. The quantitative estimate of drug-likeness (QED) is 0.638. The summed E-state index contributed by atoms with van der Waals surface area (Å²) in [6.07, 6.45) is 0. The van der Waals surface area contributed by atoms with Crippen molar-refractivity contribution in [3.05, 3.63) is 51.9 Å². The van der Waals surface area contributed by atoms with E-state index in [0.717, 1.165) is 11.1 Å². The topological polar surface area (TPSA) is 69.4 Å². The predicted molar refractivity (Wildman–Crippen MR) is 76.5 cm³/mol. The minimum Gasteiger partial charge on any atom is -0.454 e. The highest BCUT2D eigenvalue weighted by Gasteiger charge is 2.20. The number of carbonyl (C=O) groups is 2. The molecule has 0 bridgehead atoms. The Kier molecular flexibility index (Phi) is 4.21. The maximum atomic E-state index is 12.1. The Morgan fingerprint density at radius 3 is 2.52 bits per heavy atom. The van der Waals surface area contributed by atoms with Crippen LogP contribution in [0.3, 0.4) is 0 Å². The molecule has 1 aromatic carbocycles. The fourth-order valence-electron chi connectivity index (χ4n) is 2.09. The summed E-state index contributed by atoms with van der Waals surface area (Å²) in [5.74, 6) is -0.432. The van der Waals surface area contributed by atoms with Crippen LogP contribution >= 0.6 is 0 Å². The Bertz CT molecular complexity index is 681. The Morgan fingerprint density at radius 2 is 1.90 bits per heavy atom. The standard InChI is InChI=1S/C16H17NO4/c1-9-5-6-10(2)13(7-9)14(18)8-20-16(19)15-11(3)17-21-12(15)4/h5-7H,8H2,1-4H3. The van der Waals surface area contributed by atoms with Gasteiger partial charge >= 0.3 is 5.97 Å². The van der Waals surface area contributed by atoms with Crippen LogP contribution in [0.15, 0.2) is 22.7 Å². The average molecular weight is 287 g/mol. The van der Waals surface area contributed by atoms with Crippen LogP contribution in [0.5, 0.6) is 0 Å². The predicted octanol–water partition coefficient (Wildman–Crippen LogP) is 2.95. The van der Waals surface area contributed by atoms with E-state index in [2.05, 4.69) is 5.16 Å². The zero-order chi connectivity index (χ0) is 15.6. The smallest absolute Gasteiger partial charge is 0.344 e. The van der Waals surface area contributed by atoms with Gasteiger partial charge in [-0.1, -0.05) is 22.9 Å². The number of hydrogen-bond donors (Lipinski definition) is 0. The number of benzene rings is 1. The number of rotatable bonds is 4. The first-order chi connectivity index (χ1) is 9.90. The molecule has 0 aliphatic rings. The van der Waals surface area contributed by atoms with Crippen LogP contribution in [0.4, 0.5) is 0 Å². The van der Waals surface area contributed by atoms with Gasteiger partial charge in [-0.3, -0.25) is 4.79 Å². The maximum absolute atomic E-state index is 12.1. The van der Waals surface area contributed by atoms with Crippen LogP contribution in [0.25, 0.3) is 0 Å². The Morgan fingerprint density at radius 1 is 1.19 bits per heavy atom. The molecule has 0 saturated heterocycles. The lowest BCUT2D eigenvalue weighted by atomic mass is 10.0. The molecule has 0 saturated carbocycles. The van der Waals surface area contributed by atoms with Crippen LogP contribution in [-0.4, -0.2) is 23.5 Å². The second-order valence-electron chi connectivity index (χ2n) is 5.02. The highest BCUT2D eigenvalue weighted by Crippen LogP contribution is 2.15. The Hall–Kier alpha value is -2.43. The number of Topliss-reactive ketones (excluding diaryl/α,β-unsaturated/α-hetero) is 1. The number of ether oxygens (including phenoxy) is 1. The number of hydrogen-bond acceptors (Lipinski definition) is 5. The van der Waals surface area contributed by atoms with E-state index in [4.69, 9.17) is 9.26 Å². The van der Waals surface area contributed by atoms with E-state index in [1.165, 1.54) is 0 Å². The molecule has 1 heterocycles. The first-order valence-electron chi connectivity index (χ1n) is 6.60. The molecule has 110 valence electrons. The van der Waals surface area contributed by atoms with E-state index in [1.54, 1.807) is 19.9 Å². The lowest BCUT2D eigenvalue weighted by Crippen LogP contribution is -2.16. The SMILES string of the molecule is Cc1ccc(C)c(C(=O)COC(=O)c2c(C)noc2C)c1. The fourth-order valence-corrected chi connectivity index (χ4v) is 2.09. The Labute approximate surface area is 122 Å². The number of ketones is 1. The van der Waals surface area contributed by atoms with Gasteiger partial charge in [0.2, 0.25) is 5.78 Å². The van der Waals surface area contributed by atoms with Gasteiger partial charge in [-0.25, -0.2) is 4.79 Å². The number of nitrogens with zero attached hydrogens (tertiary/aromatic N) is 1. The molecule has 2 aromatic rings. The van der Waals surface area contributed by atoms with Gasteiger partial charge < -0.3 is 9.26 Å². The van der Waals surface area contributed by atoms with E-state index < -0.39 is 5.97 Å². The Balaban J connectivity index is 2.08. The maximum Gasteiger partial charge on any atom is 0.344 e. The normalized spacial score (nSPS) is 10.5. The molecular weight excluding hydrogens is 270 g/mol. The molecule has 0 atom stereocenters. The zero-order valence-corrected chi connectivity index (χ0v) is 12.5. The third-order valence-corrected chi connectivity index (χ3v) is 3.27. The van der Waals surface area contributed by atoms with Crippen LogP contribution in [0, 0.1) is 27.7 Å². The minimum atomic E-state index is -0.593. The average Bonchev–Trinajstić information content (AvgIpc) is 2.78. The molecule has 1 aromatic heterocycles. The van der Waals surface area contributed by atoms with E-state index in [0.29, 0.717) is 17.0 Å². The third-order valence-electron chi connectivity index (χ3n) is 3.27. The van der Waals surface area contributed by atoms with Crippen LogP contribution in [0.2, 0.25) is 0 Å².